The molecule has 0 spiro atoms. The Bertz CT molecular complexity index is 763. The van der Waals surface area contributed by atoms with Gasteiger partial charge in [-0.05, 0) is 36.6 Å². The van der Waals surface area contributed by atoms with Gasteiger partial charge in [-0.2, -0.15) is 0 Å². The lowest BCUT2D eigenvalue weighted by Gasteiger charge is -2.10. The smallest absolute Gasteiger partial charge is 0.331 e. The zero-order valence-electron chi connectivity index (χ0n) is 14.4. The van der Waals surface area contributed by atoms with Crippen molar-refractivity contribution in [2.45, 2.75) is 18.9 Å². The lowest BCUT2D eigenvalue weighted by molar-refractivity contribution is -0.143. The molecule has 3 rings (SSSR count). The average Bonchev–Trinajstić information content (AvgIpc) is 3.35. The van der Waals surface area contributed by atoms with Gasteiger partial charge in [-0.1, -0.05) is 30.3 Å². The first-order valence-corrected chi connectivity index (χ1v) is 9.41. The predicted octanol–water partition coefficient (Wildman–Crippen LogP) is 3.27. The molecule has 1 aromatic carbocycles. The molecule has 0 unspecified atom stereocenters. The van der Waals surface area contributed by atoms with Crippen molar-refractivity contribution in [3.63, 3.8) is 0 Å². The maximum atomic E-state index is 11.7. The van der Waals surface area contributed by atoms with Crippen molar-refractivity contribution >= 4 is 29.3 Å². The van der Waals surface area contributed by atoms with E-state index in [9.17, 15) is 9.59 Å². The number of rotatable bonds is 7. The van der Waals surface area contributed by atoms with Crippen molar-refractivity contribution in [1.82, 2.24) is 5.32 Å². The van der Waals surface area contributed by atoms with Crippen molar-refractivity contribution < 1.29 is 19.1 Å². The van der Waals surface area contributed by atoms with Gasteiger partial charge in [-0.25, -0.2) is 4.79 Å². The Morgan fingerprint density at radius 1 is 1.23 bits per heavy atom. The van der Waals surface area contributed by atoms with E-state index in [-0.39, 0.29) is 18.6 Å². The molecule has 1 saturated heterocycles. The second-order valence-corrected chi connectivity index (χ2v) is 7.06. The van der Waals surface area contributed by atoms with E-state index >= 15 is 0 Å². The Balaban J connectivity index is 1.41. The van der Waals surface area contributed by atoms with Gasteiger partial charge in [0, 0.05) is 29.0 Å². The number of hydrogen-bond donors (Lipinski definition) is 1. The number of amides is 1. The van der Waals surface area contributed by atoms with E-state index < -0.39 is 5.97 Å². The van der Waals surface area contributed by atoms with Crippen molar-refractivity contribution in [2.24, 2.45) is 0 Å². The zero-order chi connectivity index (χ0) is 18.2. The van der Waals surface area contributed by atoms with E-state index in [2.05, 4.69) is 5.32 Å². The molecular weight excluding hydrogens is 350 g/mol. The zero-order valence-corrected chi connectivity index (χ0v) is 15.2. The van der Waals surface area contributed by atoms with E-state index in [1.54, 1.807) is 17.4 Å². The molecule has 0 radical (unpaired) electrons. The summed E-state index contributed by atoms with van der Waals surface area (Å²) in [5.41, 5.74) is 1.14. The first-order valence-electron chi connectivity index (χ1n) is 8.59. The maximum Gasteiger partial charge on any atom is 0.331 e. The maximum absolute atomic E-state index is 11.7. The summed E-state index contributed by atoms with van der Waals surface area (Å²) in [5.74, 6) is -0.850. The topological polar surface area (TPSA) is 64.6 Å². The first kappa shape index (κ1) is 18.4. The van der Waals surface area contributed by atoms with Crippen molar-refractivity contribution in [3.8, 4) is 10.4 Å². The van der Waals surface area contributed by atoms with Gasteiger partial charge in [0.1, 0.15) is 0 Å². The van der Waals surface area contributed by atoms with Gasteiger partial charge >= 0.3 is 5.97 Å². The van der Waals surface area contributed by atoms with Crippen molar-refractivity contribution in [3.05, 3.63) is 53.4 Å². The first-order chi connectivity index (χ1) is 12.7. The molecule has 1 aromatic heterocycles. The summed E-state index contributed by atoms with van der Waals surface area (Å²) in [5, 5.41) is 2.71. The van der Waals surface area contributed by atoms with Crippen LogP contribution in [0.5, 0.6) is 0 Å². The van der Waals surface area contributed by atoms with Crippen molar-refractivity contribution in [2.75, 3.05) is 19.8 Å². The second-order valence-electron chi connectivity index (χ2n) is 5.95. The summed E-state index contributed by atoms with van der Waals surface area (Å²) in [4.78, 5) is 25.5. The van der Waals surface area contributed by atoms with Gasteiger partial charge in [0.25, 0.3) is 5.91 Å². The third-order valence-corrected chi connectivity index (χ3v) is 5.06. The van der Waals surface area contributed by atoms with Crippen LogP contribution in [0.15, 0.2) is 48.5 Å². The molecule has 6 heteroatoms. The minimum atomic E-state index is -0.535. The van der Waals surface area contributed by atoms with Crippen molar-refractivity contribution in [1.29, 1.82) is 0 Å². The number of esters is 1. The van der Waals surface area contributed by atoms with Crippen LogP contribution in [0.3, 0.4) is 0 Å². The summed E-state index contributed by atoms with van der Waals surface area (Å²) in [6.45, 7) is 0.925. The molecular formula is C20H21NO4S. The van der Waals surface area contributed by atoms with Gasteiger partial charge < -0.3 is 14.8 Å². The fourth-order valence-electron chi connectivity index (χ4n) is 2.62. The second kappa shape index (κ2) is 9.31. The molecule has 0 aliphatic carbocycles. The van der Waals surface area contributed by atoms with Gasteiger partial charge in [-0.15, -0.1) is 11.3 Å². The molecule has 26 heavy (non-hydrogen) atoms. The quantitative estimate of drug-likeness (QED) is 0.599. The standard InChI is InChI=1S/C20H21NO4S/c22-19(21-13-16-7-4-12-24-16)14-25-20(23)11-9-17-8-10-18(26-17)15-5-2-1-3-6-15/h1-3,5-6,8-11,16H,4,7,12-14H2,(H,21,22)/b11-9+/t16-/m0/s1. The molecule has 2 heterocycles. The predicted molar refractivity (Wildman–Crippen MR) is 102 cm³/mol. The SMILES string of the molecule is O=C(COC(=O)/C=C/c1ccc(-c2ccccc2)s1)NC[C@@H]1CCCO1. The van der Waals surface area contributed by atoms with E-state index in [4.69, 9.17) is 9.47 Å². The monoisotopic (exact) mass is 371 g/mol. The number of carbonyl (C=O) groups is 2. The lowest BCUT2D eigenvalue weighted by Crippen LogP contribution is -2.34. The Morgan fingerprint density at radius 2 is 2.08 bits per heavy atom. The number of ether oxygens (including phenoxy) is 2. The summed E-state index contributed by atoms with van der Waals surface area (Å²) in [6, 6.07) is 14.0. The number of carbonyl (C=O) groups excluding carboxylic acids is 2. The highest BCUT2D eigenvalue weighted by Crippen LogP contribution is 2.28. The highest BCUT2D eigenvalue weighted by Gasteiger charge is 2.16. The van der Waals surface area contributed by atoms with Crippen LogP contribution >= 0.6 is 11.3 Å². The molecule has 1 fully saturated rings. The van der Waals surface area contributed by atoms with Crippen LogP contribution in [0.4, 0.5) is 0 Å². The summed E-state index contributed by atoms with van der Waals surface area (Å²) in [6.07, 6.45) is 5.09. The molecule has 1 atom stereocenters. The number of thiophene rings is 1. The number of nitrogens with one attached hydrogen (secondary N) is 1. The Hall–Kier alpha value is -2.44. The van der Waals surface area contributed by atoms with Gasteiger partial charge in [-0.3, -0.25) is 4.79 Å². The molecule has 1 N–H and O–H groups in total. The average molecular weight is 371 g/mol. The van der Waals surface area contributed by atoms with Gasteiger partial charge in [0.15, 0.2) is 6.61 Å². The van der Waals surface area contributed by atoms with E-state index in [0.29, 0.717) is 6.54 Å². The minimum Gasteiger partial charge on any atom is -0.452 e. The fourth-order valence-corrected chi connectivity index (χ4v) is 3.54. The Labute approximate surface area is 156 Å². The molecule has 2 aromatic rings. The number of benzene rings is 1. The molecule has 0 saturated carbocycles. The summed E-state index contributed by atoms with van der Waals surface area (Å²) in [7, 11) is 0. The van der Waals surface area contributed by atoms with Crippen LogP contribution < -0.4 is 5.32 Å². The lowest BCUT2D eigenvalue weighted by atomic mass is 10.2. The van der Waals surface area contributed by atoms with Gasteiger partial charge in [0.05, 0.1) is 6.10 Å². The van der Waals surface area contributed by atoms with Crippen LogP contribution in [0, 0.1) is 0 Å². The molecule has 1 aliphatic rings. The summed E-state index contributed by atoms with van der Waals surface area (Å²) < 4.78 is 10.4. The Kier molecular flexibility index (Phi) is 6.57. The van der Waals surface area contributed by atoms with E-state index in [0.717, 1.165) is 34.8 Å². The minimum absolute atomic E-state index is 0.0761. The fraction of sp³-hybridized carbons (Fsp3) is 0.300. The molecule has 5 nitrogen and oxygen atoms in total. The third-order valence-electron chi connectivity index (χ3n) is 3.97. The molecule has 0 bridgehead atoms. The normalized spacial score (nSPS) is 16.7. The third kappa shape index (κ3) is 5.54. The van der Waals surface area contributed by atoms with Gasteiger partial charge in [0.2, 0.25) is 0 Å². The molecule has 1 aliphatic heterocycles. The highest BCUT2D eigenvalue weighted by atomic mass is 32.1. The van der Waals surface area contributed by atoms with Crippen LogP contribution in [-0.2, 0) is 19.1 Å². The largest absolute Gasteiger partial charge is 0.452 e. The van der Waals surface area contributed by atoms with Crippen LogP contribution in [-0.4, -0.2) is 37.7 Å². The van der Waals surface area contributed by atoms with Crippen LogP contribution in [0.1, 0.15) is 17.7 Å². The number of hydrogen-bond acceptors (Lipinski definition) is 5. The molecule has 136 valence electrons. The van der Waals surface area contributed by atoms with E-state index in [1.165, 1.54) is 6.08 Å². The van der Waals surface area contributed by atoms with E-state index in [1.807, 2.05) is 42.5 Å². The van der Waals surface area contributed by atoms with Crippen LogP contribution in [0.2, 0.25) is 0 Å². The molecule has 1 amide bonds. The Morgan fingerprint density at radius 3 is 2.85 bits per heavy atom. The highest BCUT2D eigenvalue weighted by molar-refractivity contribution is 7.16. The van der Waals surface area contributed by atoms with Crippen LogP contribution in [0.25, 0.3) is 16.5 Å². The summed E-state index contributed by atoms with van der Waals surface area (Å²) >= 11 is 1.59.